The van der Waals surface area contributed by atoms with Crippen LogP contribution < -0.4 is 4.74 Å². The van der Waals surface area contributed by atoms with Crippen LogP contribution >= 0.6 is 11.8 Å². The molecule has 0 aliphatic carbocycles. The maximum absolute atomic E-state index is 12.3. The van der Waals surface area contributed by atoms with E-state index in [1.165, 1.54) is 23.9 Å². The van der Waals surface area contributed by atoms with Crippen molar-refractivity contribution in [3.05, 3.63) is 59.7 Å². The highest BCUT2D eigenvalue weighted by Gasteiger charge is 2.12. The van der Waals surface area contributed by atoms with E-state index < -0.39 is 12.6 Å². The second-order valence-electron chi connectivity index (χ2n) is 4.08. The molecule has 0 saturated heterocycles. The zero-order chi connectivity index (χ0) is 15.2. The second-order valence-corrected chi connectivity index (χ2v) is 5.09. The molecular weight excluding hydrogens is 298 g/mol. The summed E-state index contributed by atoms with van der Waals surface area (Å²) < 4.78 is 29.1. The third kappa shape index (κ3) is 4.19. The maximum atomic E-state index is 12.3. The van der Waals surface area contributed by atoms with Crippen LogP contribution in [0.3, 0.4) is 0 Å². The molecule has 0 bridgehead atoms. The Morgan fingerprint density at radius 1 is 1.14 bits per heavy atom. The predicted octanol–water partition coefficient (Wildman–Crippen LogP) is 4.28. The Hall–Kier alpha value is -2.08. The first-order valence-corrected chi connectivity index (χ1v) is 7.04. The largest absolute Gasteiger partial charge is 0.478 e. The number of para-hydroxylation sites is 1. The number of thioether (sulfide) groups is 1. The van der Waals surface area contributed by atoms with Gasteiger partial charge < -0.3 is 9.84 Å². The van der Waals surface area contributed by atoms with Gasteiger partial charge in [0.1, 0.15) is 5.75 Å². The van der Waals surface area contributed by atoms with Crippen molar-refractivity contribution >= 4 is 17.7 Å². The molecule has 1 N–H and O–H groups in total. The van der Waals surface area contributed by atoms with Gasteiger partial charge in [-0.3, -0.25) is 0 Å². The van der Waals surface area contributed by atoms with Gasteiger partial charge in [0.2, 0.25) is 0 Å². The Labute approximate surface area is 124 Å². The van der Waals surface area contributed by atoms with E-state index in [1.54, 1.807) is 36.4 Å². The summed E-state index contributed by atoms with van der Waals surface area (Å²) in [6.07, 6.45) is 0. The lowest BCUT2D eigenvalue weighted by atomic mass is 10.2. The average molecular weight is 310 g/mol. The molecule has 0 aliphatic heterocycles. The number of ether oxygens (including phenoxy) is 1. The van der Waals surface area contributed by atoms with E-state index in [4.69, 9.17) is 5.11 Å². The molecule has 0 atom stereocenters. The number of alkyl halides is 2. The fourth-order valence-electron chi connectivity index (χ4n) is 1.76. The fourth-order valence-corrected chi connectivity index (χ4v) is 2.79. The van der Waals surface area contributed by atoms with E-state index in [1.807, 2.05) is 0 Å². The molecule has 0 saturated carbocycles. The van der Waals surface area contributed by atoms with Crippen molar-refractivity contribution in [3.63, 3.8) is 0 Å². The van der Waals surface area contributed by atoms with Crippen molar-refractivity contribution < 1.29 is 23.4 Å². The highest BCUT2D eigenvalue weighted by molar-refractivity contribution is 7.98. The molecular formula is C15H12F2O3S. The lowest BCUT2D eigenvalue weighted by molar-refractivity contribution is -0.0503. The molecule has 110 valence electrons. The number of carboxylic acids is 1. The Bertz CT molecular complexity index is 632. The number of hydrogen-bond acceptors (Lipinski definition) is 3. The van der Waals surface area contributed by atoms with Crippen molar-refractivity contribution in [2.75, 3.05) is 0 Å². The minimum atomic E-state index is -2.89. The molecule has 0 radical (unpaired) electrons. The van der Waals surface area contributed by atoms with Gasteiger partial charge in [0.05, 0.1) is 5.56 Å². The number of halogens is 2. The second kappa shape index (κ2) is 7.08. The van der Waals surface area contributed by atoms with Gasteiger partial charge in [-0.1, -0.05) is 30.3 Å². The van der Waals surface area contributed by atoms with Crippen LogP contribution in [-0.2, 0) is 5.75 Å². The number of hydrogen-bond donors (Lipinski definition) is 1. The van der Waals surface area contributed by atoms with Crippen molar-refractivity contribution in [3.8, 4) is 5.75 Å². The highest BCUT2D eigenvalue weighted by atomic mass is 32.2. The minimum Gasteiger partial charge on any atom is -0.478 e. The van der Waals surface area contributed by atoms with Crippen LogP contribution in [0.1, 0.15) is 15.9 Å². The van der Waals surface area contributed by atoms with Crippen LogP contribution in [0.2, 0.25) is 0 Å². The van der Waals surface area contributed by atoms with Gasteiger partial charge in [-0.15, -0.1) is 11.8 Å². The SMILES string of the molecule is O=C(O)c1ccccc1SCc1ccccc1OC(F)F. The average Bonchev–Trinajstić information content (AvgIpc) is 2.46. The van der Waals surface area contributed by atoms with Gasteiger partial charge in [0.15, 0.2) is 0 Å². The van der Waals surface area contributed by atoms with Crippen LogP contribution in [-0.4, -0.2) is 17.7 Å². The summed E-state index contributed by atoms with van der Waals surface area (Å²) in [5.41, 5.74) is 0.776. The van der Waals surface area contributed by atoms with Gasteiger partial charge >= 0.3 is 12.6 Å². The predicted molar refractivity (Wildman–Crippen MR) is 76.0 cm³/mol. The van der Waals surface area contributed by atoms with Gasteiger partial charge in [0.25, 0.3) is 0 Å². The molecule has 0 aromatic heterocycles. The molecule has 21 heavy (non-hydrogen) atoms. The Morgan fingerprint density at radius 2 is 1.81 bits per heavy atom. The summed E-state index contributed by atoms with van der Waals surface area (Å²) in [4.78, 5) is 11.7. The van der Waals surface area contributed by atoms with Crippen LogP contribution in [0.25, 0.3) is 0 Å². The Balaban J connectivity index is 2.15. The van der Waals surface area contributed by atoms with E-state index >= 15 is 0 Å². The zero-order valence-corrected chi connectivity index (χ0v) is 11.6. The minimum absolute atomic E-state index is 0.104. The van der Waals surface area contributed by atoms with Crippen molar-refractivity contribution in [2.45, 2.75) is 17.3 Å². The van der Waals surface area contributed by atoms with Crippen molar-refractivity contribution in [1.29, 1.82) is 0 Å². The van der Waals surface area contributed by atoms with Crippen molar-refractivity contribution in [2.24, 2.45) is 0 Å². The van der Waals surface area contributed by atoms with E-state index in [2.05, 4.69) is 4.74 Å². The molecule has 0 spiro atoms. The molecule has 3 nitrogen and oxygen atoms in total. The van der Waals surface area contributed by atoms with Crippen molar-refractivity contribution in [1.82, 2.24) is 0 Å². The number of carboxylic acid groups (broad SMARTS) is 1. The Kier molecular flexibility index (Phi) is 5.16. The summed E-state index contributed by atoms with van der Waals surface area (Å²) in [5, 5.41) is 9.10. The lowest BCUT2D eigenvalue weighted by Gasteiger charge is -2.11. The maximum Gasteiger partial charge on any atom is 0.387 e. The summed E-state index contributed by atoms with van der Waals surface area (Å²) >= 11 is 1.26. The van der Waals surface area contributed by atoms with Crippen LogP contribution in [0.5, 0.6) is 5.75 Å². The zero-order valence-electron chi connectivity index (χ0n) is 10.8. The number of carbonyl (C=O) groups is 1. The van der Waals surface area contributed by atoms with Gasteiger partial charge in [0, 0.05) is 16.2 Å². The lowest BCUT2D eigenvalue weighted by Crippen LogP contribution is -2.04. The fraction of sp³-hybridized carbons (Fsp3) is 0.133. The first kappa shape index (κ1) is 15.3. The molecule has 2 rings (SSSR count). The number of aromatic carboxylic acids is 1. The van der Waals surface area contributed by atoms with Crippen LogP contribution in [0, 0.1) is 0 Å². The molecule has 2 aromatic rings. The van der Waals surface area contributed by atoms with Gasteiger partial charge in [-0.05, 0) is 18.2 Å². The first-order chi connectivity index (χ1) is 10.1. The topological polar surface area (TPSA) is 46.5 Å². The standard InChI is InChI=1S/C15H12F2O3S/c16-15(17)20-12-7-3-1-5-10(12)9-21-13-8-4-2-6-11(13)14(18)19/h1-8,15H,9H2,(H,18,19). The molecule has 0 fully saturated rings. The highest BCUT2D eigenvalue weighted by Crippen LogP contribution is 2.30. The molecule has 2 aromatic carbocycles. The van der Waals surface area contributed by atoms with E-state index in [0.717, 1.165) is 0 Å². The molecule has 0 unspecified atom stereocenters. The molecule has 0 aliphatic rings. The van der Waals surface area contributed by atoms with Gasteiger partial charge in [-0.2, -0.15) is 8.78 Å². The smallest absolute Gasteiger partial charge is 0.387 e. The summed E-state index contributed by atoms with van der Waals surface area (Å²) in [7, 11) is 0. The number of benzene rings is 2. The third-order valence-electron chi connectivity index (χ3n) is 2.69. The summed E-state index contributed by atoms with van der Waals surface area (Å²) in [6, 6.07) is 13.0. The van der Waals surface area contributed by atoms with Gasteiger partial charge in [-0.25, -0.2) is 4.79 Å². The monoisotopic (exact) mass is 310 g/mol. The normalized spacial score (nSPS) is 10.6. The molecule has 0 heterocycles. The van der Waals surface area contributed by atoms with E-state index in [9.17, 15) is 13.6 Å². The third-order valence-corrected chi connectivity index (χ3v) is 3.81. The summed E-state index contributed by atoms with van der Waals surface area (Å²) in [6.45, 7) is -2.89. The summed E-state index contributed by atoms with van der Waals surface area (Å²) in [5.74, 6) is -0.573. The quantitative estimate of drug-likeness (QED) is 0.809. The molecule has 0 amide bonds. The van der Waals surface area contributed by atoms with Crippen LogP contribution in [0.4, 0.5) is 8.78 Å². The molecule has 6 heteroatoms. The van der Waals surface area contributed by atoms with E-state index in [-0.39, 0.29) is 11.3 Å². The Morgan fingerprint density at radius 3 is 2.52 bits per heavy atom. The number of rotatable bonds is 6. The van der Waals surface area contributed by atoms with E-state index in [0.29, 0.717) is 16.2 Å². The van der Waals surface area contributed by atoms with Crippen LogP contribution in [0.15, 0.2) is 53.4 Å². The first-order valence-electron chi connectivity index (χ1n) is 6.06.